The Kier molecular flexibility index (Phi) is 10.3. The molecule has 2 aromatic carbocycles. The molecule has 2 rings (SSSR count). The van der Waals surface area contributed by atoms with E-state index in [0.29, 0.717) is 0 Å². The number of aliphatic carboxylic acids is 2. The van der Waals surface area contributed by atoms with Crippen LogP contribution < -0.4 is 0 Å². The van der Waals surface area contributed by atoms with Crippen molar-refractivity contribution in [3.05, 3.63) is 71.8 Å². The second-order valence-corrected chi connectivity index (χ2v) is 3.84. The quantitative estimate of drug-likeness (QED) is 0.527. The first kappa shape index (κ1) is 20.2. The summed E-state index contributed by atoms with van der Waals surface area (Å²) in [5.74, 6) is 6.84. The van der Waals surface area contributed by atoms with Gasteiger partial charge in [-0.1, -0.05) is 48.2 Å². The Bertz CT molecular complexity index is 680. The average molecular weight is 399 g/mol. The van der Waals surface area contributed by atoms with Gasteiger partial charge in [-0.25, -0.2) is 9.59 Å². The summed E-state index contributed by atoms with van der Waals surface area (Å²) in [4.78, 5) is 20.0. The fraction of sp³-hybridized carbons (Fsp3) is 0. The van der Waals surface area contributed by atoms with E-state index in [9.17, 15) is 9.59 Å². The van der Waals surface area contributed by atoms with Crippen LogP contribution in [0.3, 0.4) is 0 Å². The molecule has 0 aliphatic carbocycles. The van der Waals surface area contributed by atoms with Crippen LogP contribution in [0.25, 0.3) is 0 Å². The van der Waals surface area contributed by atoms with E-state index >= 15 is 0 Å². The van der Waals surface area contributed by atoms with Crippen LogP contribution in [0.15, 0.2) is 60.7 Å². The van der Waals surface area contributed by atoms with Gasteiger partial charge < -0.3 is 10.2 Å². The summed E-state index contributed by atoms with van der Waals surface area (Å²) in [6.45, 7) is 0. The molecule has 2 aromatic rings. The molecule has 0 heterocycles. The molecular weight excluding hydrogens is 387 g/mol. The third kappa shape index (κ3) is 10.5. The first-order chi connectivity index (χ1) is 10.6. The summed E-state index contributed by atoms with van der Waals surface area (Å²) in [5, 5.41) is 16.4. The van der Waals surface area contributed by atoms with Crippen molar-refractivity contribution in [2.45, 2.75) is 0 Å². The first-order valence-corrected chi connectivity index (χ1v) is 6.18. The maximum absolute atomic E-state index is 10.00. The van der Waals surface area contributed by atoms with Gasteiger partial charge in [0.25, 0.3) is 0 Å². The Hall–Kier alpha value is -2.84. The van der Waals surface area contributed by atoms with Crippen molar-refractivity contribution in [1.29, 1.82) is 0 Å². The summed E-state index contributed by atoms with van der Waals surface area (Å²) < 4.78 is 0. The van der Waals surface area contributed by atoms with E-state index in [1.165, 1.54) is 0 Å². The van der Waals surface area contributed by atoms with Crippen molar-refractivity contribution in [1.82, 2.24) is 0 Å². The third-order valence-electron chi connectivity index (χ3n) is 2.18. The topological polar surface area (TPSA) is 74.6 Å². The van der Waals surface area contributed by atoms with E-state index in [1.807, 2.05) is 48.2 Å². The van der Waals surface area contributed by atoms with Gasteiger partial charge in [-0.15, -0.1) is 0 Å². The molecule has 0 fully saturated rings. The van der Waals surface area contributed by atoms with E-state index in [4.69, 9.17) is 10.2 Å². The van der Waals surface area contributed by atoms with Gasteiger partial charge in [-0.05, 0) is 24.3 Å². The monoisotopic (exact) mass is 398 g/mol. The largest absolute Gasteiger partial charge is 0.472 e. The van der Waals surface area contributed by atoms with E-state index < -0.39 is 11.9 Å². The van der Waals surface area contributed by atoms with E-state index in [2.05, 4.69) is 11.8 Å². The van der Waals surface area contributed by atoms with Crippen LogP contribution in [-0.4, -0.2) is 22.2 Å². The van der Waals surface area contributed by atoms with Gasteiger partial charge in [0.15, 0.2) is 0 Å². The molecule has 23 heavy (non-hydrogen) atoms. The first-order valence-electron chi connectivity index (χ1n) is 6.18. The molecule has 0 saturated carbocycles. The zero-order chi connectivity index (χ0) is 16.2. The van der Waals surface area contributed by atoms with Crippen molar-refractivity contribution in [3.63, 3.8) is 0 Å². The summed E-state index contributed by atoms with van der Waals surface area (Å²) in [5.41, 5.74) is 1.44. The molecule has 4 nitrogen and oxygen atoms in total. The van der Waals surface area contributed by atoms with Gasteiger partial charge >= 0.3 is 11.9 Å². The number of hydrogen-bond acceptors (Lipinski definition) is 2. The van der Waals surface area contributed by atoms with Gasteiger partial charge in [-0.3, -0.25) is 0 Å². The van der Waals surface area contributed by atoms with Crippen LogP contribution in [0.5, 0.6) is 0 Å². The van der Waals surface area contributed by atoms with Crippen LogP contribution in [0.1, 0.15) is 11.1 Å². The van der Waals surface area contributed by atoms with Gasteiger partial charge in [0, 0.05) is 43.4 Å². The molecule has 0 radical (unpaired) electrons. The second kappa shape index (κ2) is 11.8. The van der Waals surface area contributed by atoms with Gasteiger partial charge in [-0.2, -0.15) is 0 Å². The number of hydrogen-bond donors (Lipinski definition) is 2. The molecule has 0 aliphatic heterocycles. The Morgan fingerprint density at radius 1 is 0.652 bits per heavy atom. The standard InChI is InChI=1S/2C9H6O2.Pd/c2*10-9(11)7-6-8-4-2-1-3-5-8;/h2*1-5H,(H,10,11);. The fourth-order valence-electron chi connectivity index (χ4n) is 1.29. The molecule has 0 unspecified atom stereocenters. The van der Waals surface area contributed by atoms with Crippen molar-refractivity contribution in [2.75, 3.05) is 0 Å². The number of carboxylic acids is 2. The molecule has 0 atom stereocenters. The summed E-state index contributed by atoms with van der Waals surface area (Å²) >= 11 is 0. The Balaban J connectivity index is 0.000000403. The van der Waals surface area contributed by atoms with Crippen LogP contribution in [0, 0.1) is 23.7 Å². The number of benzene rings is 2. The second-order valence-electron chi connectivity index (χ2n) is 3.84. The Morgan fingerprint density at radius 3 is 1.22 bits per heavy atom. The number of carboxylic acid groups (broad SMARTS) is 2. The van der Waals surface area contributed by atoms with Gasteiger partial charge in [0.05, 0.1) is 0 Å². The smallest absolute Gasteiger partial charge is 0.382 e. The van der Waals surface area contributed by atoms with Crippen molar-refractivity contribution in [3.8, 4) is 23.7 Å². The minimum Gasteiger partial charge on any atom is -0.472 e. The predicted molar refractivity (Wildman–Crippen MR) is 81.9 cm³/mol. The number of rotatable bonds is 0. The SMILES string of the molecule is O=C(O)C#Cc1ccccc1.O=C(O)C#Cc1ccccc1.[Pd]. The summed E-state index contributed by atoms with van der Waals surface area (Å²) in [6.07, 6.45) is 0. The molecule has 0 aromatic heterocycles. The van der Waals surface area contributed by atoms with Crippen LogP contribution in [0.4, 0.5) is 0 Å². The molecule has 2 N–H and O–H groups in total. The maximum Gasteiger partial charge on any atom is 0.382 e. The van der Waals surface area contributed by atoms with Crippen molar-refractivity contribution in [2.24, 2.45) is 0 Å². The van der Waals surface area contributed by atoms with E-state index in [-0.39, 0.29) is 20.4 Å². The zero-order valence-corrected chi connectivity index (χ0v) is 13.4. The van der Waals surface area contributed by atoms with Crippen LogP contribution in [0.2, 0.25) is 0 Å². The van der Waals surface area contributed by atoms with E-state index in [1.54, 1.807) is 24.3 Å². The average Bonchev–Trinajstić information content (AvgIpc) is 2.53. The van der Waals surface area contributed by atoms with Crippen molar-refractivity contribution < 1.29 is 40.2 Å². The van der Waals surface area contributed by atoms with E-state index in [0.717, 1.165) is 11.1 Å². The zero-order valence-electron chi connectivity index (χ0n) is 11.8. The predicted octanol–water partition coefficient (Wildman–Crippen LogP) is 2.24. The molecule has 0 saturated heterocycles. The van der Waals surface area contributed by atoms with Gasteiger partial charge in [0.1, 0.15) is 0 Å². The normalized spacial score (nSPS) is 7.65. The summed E-state index contributed by atoms with van der Waals surface area (Å²) in [6, 6.07) is 18.0. The third-order valence-corrected chi connectivity index (χ3v) is 2.18. The minimum absolute atomic E-state index is 0. The molecule has 0 aliphatic rings. The molecule has 118 valence electrons. The molecule has 0 bridgehead atoms. The fourth-order valence-corrected chi connectivity index (χ4v) is 1.29. The Labute approximate surface area is 147 Å². The molecule has 0 spiro atoms. The van der Waals surface area contributed by atoms with Crippen LogP contribution >= 0.6 is 0 Å². The molecular formula is C18H12O4Pd. The number of carbonyl (C=O) groups is 2. The summed E-state index contributed by atoms with van der Waals surface area (Å²) in [7, 11) is 0. The maximum atomic E-state index is 10.00. The minimum atomic E-state index is -1.10. The Morgan fingerprint density at radius 2 is 0.957 bits per heavy atom. The van der Waals surface area contributed by atoms with Gasteiger partial charge in [0.2, 0.25) is 0 Å². The van der Waals surface area contributed by atoms with Crippen LogP contribution in [-0.2, 0) is 30.0 Å². The van der Waals surface area contributed by atoms with Crippen molar-refractivity contribution >= 4 is 11.9 Å². The molecule has 0 amide bonds. The molecule has 5 heteroatoms.